The molecule has 0 amide bonds. The Labute approximate surface area is 162 Å². The summed E-state index contributed by atoms with van der Waals surface area (Å²) in [6, 6.07) is 16.0. The van der Waals surface area contributed by atoms with Crippen molar-refractivity contribution in [1.82, 2.24) is 4.57 Å². The van der Waals surface area contributed by atoms with Gasteiger partial charge in [-0.1, -0.05) is 73.4 Å². The van der Waals surface area contributed by atoms with Crippen LogP contribution in [0.4, 0.5) is 5.69 Å². The zero-order chi connectivity index (χ0) is 17.8. The molecule has 0 spiro atoms. The van der Waals surface area contributed by atoms with Crippen molar-refractivity contribution in [3.8, 4) is 0 Å². The number of hydrogen-bond donors (Lipinski definition) is 0. The molecule has 1 heterocycles. The highest BCUT2D eigenvalue weighted by Gasteiger charge is 2.08. The van der Waals surface area contributed by atoms with E-state index in [1.54, 1.807) is 17.4 Å². The molecule has 0 atom stereocenters. The summed E-state index contributed by atoms with van der Waals surface area (Å²) in [6.07, 6.45) is 3.11. The first-order valence-electron chi connectivity index (χ1n) is 8.24. The van der Waals surface area contributed by atoms with Crippen molar-refractivity contribution < 1.29 is 0 Å². The Kier molecular flexibility index (Phi) is 6.00. The number of rotatable bonds is 5. The molecule has 3 aromatic rings. The minimum atomic E-state index is 0.498. The van der Waals surface area contributed by atoms with Crippen molar-refractivity contribution in [1.29, 1.82) is 0 Å². The number of hydrogen-bond acceptors (Lipinski definition) is 2. The van der Waals surface area contributed by atoms with Gasteiger partial charge in [0.05, 0.1) is 15.7 Å². The first-order chi connectivity index (χ1) is 12.0. The normalized spacial score (nSPS) is 12.1. The average Bonchev–Trinajstić information content (AvgIpc) is 2.93. The van der Waals surface area contributed by atoms with Crippen LogP contribution < -0.4 is 4.80 Å². The molecule has 0 saturated carbocycles. The number of benzene rings is 2. The van der Waals surface area contributed by atoms with Crippen LogP contribution in [-0.4, -0.2) is 4.57 Å². The molecule has 1 aromatic heterocycles. The molecule has 0 aliphatic carbocycles. The van der Waals surface area contributed by atoms with Gasteiger partial charge in [0, 0.05) is 24.0 Å². The second-order valence-electron chi connectivity index (χ2n) is 6.37. The van der Waals surface area contributed by atoms with Crippen LogP contribution in [-0.2, 0) is 13.0 Å². The lowest BCUT2D eigenvalue weighted by Crippen LogP contribution is -2.16. The maximum absolute atomic E-state index is 6.31. The van der Waals surface area contributed by atoms with E-state index < -0.39 is 0 Å². The second kappa shape index (κ2) is 8.22. The minimum absolute atomic E-state index is 0.498. The molecule has 5 heteroatoms. The van der Waals surface area contributed by atoms with Crippen LogP contribution in [0.1, 0.15) is 24.3 Å². The van der Waals surface area contributed by atoms with Gasteiger partial charge in [-0.2, -0.15) is 0 Å². The van der Waals surface area contributed by atoms with Gasteiger partial charge in [-0.05, 0) is 23.6 Å². The lowest BCUT2D eigenvalue weighted by atomic mass is 10.1. The van der Waals surface area contributed by atoms with E-state index in [9.17, 15) is 0 Å². The Bertz CT molecular complexity index is 911. The molecule has 3 rings (SSSR count). The van der Waals surface area contributed by atoms with Gasteiger partial charge < -0.3 is 4.57 Å². The molecular weight excluding hydrogens is 371 g/mol. The van der Waals surface area contributed by atoms with Gasteiger partial charge in [-0.15, -0.1) is 11.3 Å². The maximum atomic E-state index is 6.31. The van der Waals surface area contributed by atoms with Gasteiger partial charge >= 0.3 is 0 Å². The highest BCUT2D eigenvalue weighted by Crippen LogP contribution is 2.31. The summed E-state index contributed by atoms with van der Waals surface area (Å²) < 4.78 is 2.21. The Morgan fingerprint density at radius 2 is 1.80 bits per heavy atom. The SMILES string of the molecule is CC(C)Cn1cc(Cc2ccccc2)sc1=Nc1cccc(Cl)c1Cl. The van der Waals surface area contributed by atoms with E-state index in [1.165, 1.54) is 10.4 Å². The summed E-state index contributed by atoms with van der Waals surface area (Å²) in [6.45, 7) is 5.33. The summed E-state index contributed by atoms with van der Waals surface area (Å²) >= 11 is 14.1. The third-order valence-electron chi connectivity index (χ3n) is 3.70. The van der Waals surface area contributed by atoms with Crippen LogP contribution in [0.25, 0.3) is 0 Å². The van der Waals surface area contributed by atoms with E-state index >= 15 is 0 Å². The fraction of sp³-hybridized carbons (Fsp3) is 0.250. The summed E-state index contributed by atoms with van der Waals surface area (Å²) in [5, 5.41) is 1.03. The van der Waals surface area contributed by atoms with Crippen LogP contribution in [0, 0.1) is 5.92 Å². The van der Waals surface area contributed by atoms with Gasteiger partial charge in [0.15, 0.2) is 4.80 Å². The first-order valence-corrected chi connectivity index (χ1v) is 9.82. The molecule has 0 fully saturated rings. The number of aromatic nitrogens is 1. The maximum Gasteiger partial charge on any atom is 0.190 e. The highest BCUT2D eigenvalue weighted by molar-refractivity contribution is 7.09. The van der Waals surface area contributed by atoms with Crippen LogP contribution in [0.5, 0.6) is 0 Å². The van der Waals surface area contributed by atoms with E-state index in [4.69, 9.17) is 28.2 Å². The van der Waals surface area contributed by atoms with Gasteiger partial charge in [-0.25, -0.2) is 4.99 Å². The smallest absolute Gasteiger partial charge is 0.190 e. The summed E-state index contributed by atoms with van der Waals surface area (Å²) in [5.74, 6) is 0.535. The Morgan fingerprint density at radius 1 is 1.04 bits per heavy atom. The van der Waals surface area contributed by atoms with Gasteiger partial charge in [0.1, 0.15) is 0 Å². The molecule has 130 valence electrons. The first kappa shape index (κ1) is 18.2. The lowest BCUT2D eigenvalue weighted by molar-refractivity contribution is 0.514. The van der Waals surface area contributed by atoms with E-state index in [0.29, 0.717) is 21.7 Å². The second-order valence-corrected chi connectivity index (χ2v) is 8.25. The fourth-order valence-corrected chi connectivity index (χ4v) is 3.98. The molecule has 0 bridgehead atoms. The lowest BCUT2D eigenvalue weighted by Gasteiger charge is -2.06. The van der Waals surface area contributed by atoms with Gasteiger partial charge in [0.2, 0.25) is 0 Å². The largest absolute Gasteiger partial charge is 0.323 e. The Balaban J connectivity index is 2.02. The van der Waals surface area contributed by atoms with E-state index in [2.05, 4.69) is 48.9 Å². The third-order valence-corrected chi connectivity index (χ3v) is 5.53. The van der Waals surface area contributed by atoms with Gasteiger partial charge in [0.25, 0.3) is 0 Å². The molecule has 0 saturated heterocycles. The van der Waals surface area contributed by atoms with Crippen molar-refractivity contribution in [2.45, 2.75) is 26.8 Å². The molecular formula is C20H20Cl2N2S. The average molecular weight is 391 g/mol. The Hall–Kier alpha value is -1.55. The monoisotopic (exact) mass is 390 g/mol. The minimum Gasteiger partial charge on any atom is -0.323 e. The summed E-state index contributed by atoms with van der Waals surface area (Å²) in [4.78, 5) is 7.01. The fourth-order valence-electron chi connectivity index (χ4n) is 2.60. The van der Waals surface area contributed by atoms with Crippen molar-refractivity contribution >= 4 is 40.2 Å². The van der Waals surface area contributed by atoms with Crippen LogP contribution in [0.2, 0.25) is 10.0 Å². The standard InChI is InChI=1S/C20H20Cl2N2S/c1-14(2)12-24-13-16(11-15-7-4-3-5-8-15)25-20(24)23-18-10-6-9-17(21)19(18)22/h3-10,13-14H,11-12H2,1-2H3. The molecule has 2 nitrogen and oxygen atoms in total. The molecule has 0 unspecified atom stereocenters. The van der Waals surface area contributed by atoms with Crippen molar-refractivity contribution in [2.75, 3.05) is 0 Å². The molecule has 0 radical (unpaired) electrons. The predicted octanol–water partition coefficient (Wildman–Crippen LogP) is 6.34. The molecule has 0 aliphatic heterocycles. The van der Waals surface area contributed by atoms with Crippen molar-refractivity contribution in [3.05, 3.63) is 80.0 Å². The van der Waals surface area contributed by atoms with Crippen LogP contribution in [0.3, 0.4) is 0 Å². The quantitative estimate of drug-likeness (QED) is 0.483. The Morgan fingerprint density at radius 3 is 2.52 bits per heavy atom. The predicted molar refractivity (Wildman–Crippen MR) is 108 cm³/mol. The van der Waals surface area contributed by atoms with E-state index in [1.807, 2.05) is 18.2 Å². The third kappa shape index (κ3) is 4.75. The van der Waals surface area contributed by atoms with Crippen LogP contribution >= 0.6 is 34.5 Å². The highest BCUT2D eigenvalue weighted by atomic mass is 35.5. The zero-order valence-electron chi connectivity index (χ0n) is 14.2. The van der Waals surface area contributed by atoms with Crippen molar-refractivity contribution in [3.63, 3.8) is 0 Å². The molecule has 2 aromatic carbocycles. The number of halogens is 2. The molecule has 0 N–H and O–H groups in total. The summed E-state index contributed by atoms with van der Waals surface area (Å²) in [5.41, 5.74) is 2.01. The summed E-state index contributed by atoms with van der Waals surface area (Å²) in [7, 11) is 0. The zero-order valence-corrected chi connectivity index (χ0v) is 16.6. The van der Waals surface area contributed by atoms with Crippen molar-refractivity contribution in [2.24, 2.45) is 10.9 Å². The van der Waals surface area contributed by atoms with E-state index in [-0.39, 0.29) is 0 Å². The number of nitrogens with zero attached hydrogens (tertiary/aromatic N) is 2. The van der Waals surface area contributed by atoms with Crippen LogP contribution in [0.15, 0.2) is 59.7 Å². The van der Waals surface area contributed by atoms with Gasteiger partial charge in [-0.3, -0.25) is 0 Å². The topological polar surface area (TPSA) is 17.3 Å². The van der Waals surface area contributed by atoms with E-state index in [0.717, 1.165) is 17.8 Å². The number of thiazole rings is 1. The molecule has 25 heavy (non-hydrogen) atoms. The molecule has 0 aliphatic rings.